The monoisotopic (exact) mass is 298 g/mol. The van der Waals surface area contributed by atoms with Gasteiger partial charge in [0, 0.05) is 0 Å². The predicted octanol–water partition coefficient (Wildman–Crippen LogP) is 2.00. The molecule has 1 aromatic rings. The van der Waals surface area contributed by atoms with Crippen LogP contribution in [-0.2, 0) is 16.0 Å². The van der Waals surface area contributed by atoms with Crippen LogP contribution in [0.3, 0.4) is 0 Å². The molecular weight excluding hydrogens is 279 g/mol. The Morgan fingerprint density at radius 2 is 2.19 bits per heavy atom. The van der Waals surface area contributed by atoms with Gasteiger partial charge in [0.2, 0.25) is 13.0 Å². The molecule has 0 aromatic heterocycles. The molecule has 2 unspecified atom stereocenters. The van der Waals surface area contributed by atoms with Crippen LogP contribution in [0.4, 0.5) is 4.39 Å². The maximum atomic E-state index is 13.9. The number of ether oxygens (including phenoxy) is 3. The van der Waals surface area contributed by atoms with Crippen molar-refractivity contribution in [2.75, 3.05) is 13.4 Å². The molecule has 0 saturated heterocycles. The number of benzene rings is 1. The van der Waals surface area contributed by atoms with Gasteiger partial charge in [-0.2, -0.15) is 0 Å². The summed E-state index contributed by atoms with van der Waals surface area (Å²) in [5.41, 5.74) is -0.904. The topological polar surface area (TPSA) is 65.0 Å². The number of alkyl halides is 1. The highest BCUT2D eigenvalue weighted by atomic mass is 19.1. The number of carbonyl (C=O) groups is 1. The summed E-state index contributed by atoms with van der Waals surface area (Å²) in [6.45, 7) is 3.15. The molecule has 116 valence electrons. The second-order valence-corrected chi connectivity index (χ2v) is 5.16. The van der Waals surface area contributed by atoms with Crippen molar-refractivity contribution in [2.45, 2.75) is 38.5 Å². The Balaban J connectivity index is 1.96. The highest BCUT2D eigenvalue weighted by Crippen LogP contribution is 2.33. The molecule has 0 saturated carbocycles. The van der Waals surface area contributed by atoms with E-state index in [9.17, 15) is 14.3 Å². The number of rotatable bonds is 6. The van der Waals surface area contributed by atoms with E-state index in [0.717, 1.165) is 5.56 Å². The van der Waals surface area contributed by atoms with Crippen LogP contribution in [0.25, 0.3) is 0 Å². The molecule has 0 spiro atoms. The number of carbonyl (C=O) groups excluding carboxylic acids is 1. The van der Waals surface area contributed by atoms with Crippen molar-refractivity contribution in [2.24, 2.45) is 0 Å². The van der Waals surface area contributed by atoms with Crippen molar-refractivity contribution < 1.29 is 28.5 Å². The third kappa shape index (κ3) is 3.64. The number of aliphatic hydroxyl groups is 1. The zero-order valence-electron chi connectivity index (χ0n) is 12.1. The third-order valence-electron chi connectivity index (χ3n) is 3.40. The standard InChI is InChI=1S/C15H19FO5/c1-3-19-14(17)13(16)15(2,18)7-6-10-4-5-11-12(8-10)21-9-20-11/h4-5,8,13,18H,3,6-7,9H2,1-2H3. The molecule has 0 fully saturated rings. The van der Waals surface area contributed by atoms with E-state index in [1.807, 2.05) is 6.07 Å². The first-order valence-corrected chi connectivity index (χ1v) is 6.85. The summed E-state index contributed by atoms with van der Waals surface area (Å²) in [7, 11) is 0. The number of esters is 1. The van der Waals surface area contributed by atoms with E-state index in [2.05, 4.69) is 4.74 Å². The van der Waals surface area contributed by atoms with Crippen molar-refractivity contribution in [3.05, 3.63) is 23.8 Å². The molecule has 6 heteroatoms. The fourth-order valence-electron chi connectivity index (χ4n) is 2.09. The molecule has 1 aliphatic rings. The quantitative estimate of drug-likeness (QED) is 0.814. The lowest BCUT2D eigenvalue weighted by Gasteiger charge is -2.25. The van der Waals surface area contributed by atoms with Crippen LogP contribution in [0.1, 0.15) is 25.8 Å². The van der Waals surface area contributed by atoms with Gasteiger partial charge in [-0.15, -0.1) is 0 Å². The van der Waals surface area contributed by atoms with Crippen LogP contribution in [0, 0.1) is 0 Å². The molecule has 5 nitrogen and oxygen atoms in total. The minimum Gasteiger partial charge on any atom is -0.464 e. The maximum absolute atomic E-state index is 13.9. The third-order valence-corrected chi connectivity index (χ3v) is 3.40. The Hall–Kier alpha value is -1.82. The molecule has 2 atom stereocenters. The summed E-state index contributed by atoms with van der Waals surface area (Å²) < 4.78 is 29.0. The van der Waals surface area contributed by atoms with Gasteiger partial charge >= 0.3 is 5.97 Å². The normalized spacial score (nSPS) is 17.1. The number of fused-ring (bicyclic) bond motifs is 1. The Kier molecular flexibility index (Phi) is 4.67. The zero-order valence-corrected chi connectivity index (χ0v) is 12.1. The van der Waals surface area contributed by atoms with Crippen LogP contribution < -0.4 is 9.47 Å². The second kappa shape index (κ2) is 6.30. The van der Waals surface area contributed by atoms with Gasteiger partial charge in [-0.3, -0.25) is 0 Å². The van der Waals surface area contributed by atoms with Crippen LogP contribution in [0.15, 0.2) is 18.2 Å². The largest absolute Gasteiger partial charge is 0.464 e. The van der Waals surface area contributed by atoms with Crippen molar-refractivity contribution in [1.82, 2.24) is 0 Å². The van der Waals surface area contributed by atoms with Gasteiger partial charge in [0.05, 0.1) is 6.61 Å². The Bertz CT molecular complexity index is 515. The Morgan fingerprint density at radius 1 is 1.48 bits per heavy atom. The summed E-state index contributed by atoms with van der Waals surface area (Å²) in [4.78, 5) is 11.4. The number of halogens is 1. The molecule has 1 N–H and O–H groups in total. The second-order valence-electron chi connectivity index (χ2n) is 5.16. The summed E-state index contributed by atoms with van der Waals surface area (Å²) in [6.07, 6.45) is -1.57. The molecule has 0 radical (unpaired) electrons. The van der Waals surface area contributed by atoms with Crippen LogP contribution in [0.5, 0.6) is 11.5 Å². The molecule has 21 heavy (non-hydrogen) atoms. The fraction of sp³-hybridized carbons (Fsp3) is 0.533. The Labute approximate surface area is 122 Å². The highest BCUT2D eigenvalue weighted by molar-refractivity contribution is 5.76. The van der Waals surface area contributed by atoms with E-state index in [0.29, 0.717) is 17.9 Å². The zero-order chi connectivity index (χ0) is 15.5. The van der Waals surface area contributed by atoms with E-state index < -0.39 is 17.7 Å². The molecule has 1 aromatic carbocycles. The van der Waals surface area contributed by atoms with Gasteiger partial charge in [-0.25, -0.2) is 9.18 Å². The van der Waals surface area contributed by atoms with Gasteiger partial charge < -0.3 is 19.3 Å². The summed E-state index contributed by atoms with van der Waals surface area (Å²) >= 11 is 0. The molecule has 2 rings (SSSR count). The van der Waals surface area contributed by atoms with Crippen LogP contribution in [0.2, 0.25) is 0 Å². The van der Waals surface area contributed by atoms with Gasteiger partial charge in [0.1, 0.15) is 5.60 Å². The van der Waals surface area contributed by atoms with Crippen molar-refractivity contribution in [3.63, 3.8) is 0 Å². The molecule has 0 bridgehead atoms. The van der Waals surface area contributed by atoms with Crippen molar-refractivity contribution in [3.8, 4) is 11.5 Å². The SMILES string of the molecule is CCOC(=O)C(F)C(C)(O)CCc1ccc2c(c1)OCO2. The smallest absolute Gasteiger partial charge is 0.343 e. The molecule has 0 amide bonds. The molecule has 1 heterocycles. The lowest BCUT2D eigenvalue weighted by Crippen LogP contribution is -2.43. The van der Waals surface area contributed by atoms with E-state index >= 15 is 0 Å². The first-order valence-electron chi connectivity index (χ1n) is 6.85. The molecule has 0 aliphatic carbocycles. The molecular formula is C15H19FO5. The number of aryl methyl sites for hydroxylation is 1. The maximum Gasteiger partial charge on any atom is 0.343 e. The molecule has 1 aliphatic heterocycles. The average Bonchev–Trinajstić information content (AvgIpc) is 2.92. The average molecular weight is 298 g/mol. The van der Waals surface area contributed by atoms with Crippen molar-refractivity contribution >= 4 is 5.97 Å². The van der Waals surface area contributed by atoms with E-state index in [-0.39, 0.29) is 19.8 Å². The van der Waals surface area contributed by atoms with E-state index in [1.165, 1.54) is 6.92 Å². The first-order chi connectivity index (χ1) is 9.94. The number of hydrogen-bond donors (Lipinski definition) is 1. The predicted molar refractivity (Wildman–Crippen MR) is 73.0 cm³/mol. The van der Waals surface area contributed by atoms with Gasteiger partial charge in [-0.05, 0) is 44.4 Å². The first kappa shape index (κ1) is 15.6. The van der Waals surface area contributed by atoms with Gasteiger partial charge in [0.25, 0.3) is 0 Å². The summed E-state index contributed by atoms with van der Waals surface area (Å²) in [5.74, 6) is 0.267. The van der Waals surface area contributed by atoms with Gasteiger partial charge in [0.15, 0.2) is 11.5 Å². The minimum atomic E-state index is -2.06. The van der Waals surface area contributed by atoms with Gasteiger partial charge in [-0.1, -0.05) is 6.07 Å². The van der Waals surface area contributed by atoms with Crippen LogP contribution in [-0.4, -0.2) is 36.2 Å². The van der Waals surface area contributed by atoms with Crippen molar-refractivity contribution in [1.29, 1.82) is 0 Å². The Morgan fingerprint density at radius 3 is 2.90 bits per heavy atom. The highest BCUT2D eigenvalue weighted by Gasteiger charge is 2.38. The van der Waals surface area contributed by atoms with E-state index in [1.54, 1.807) is 19.1 Å². The lowest BCUT2D eigenvalue weighted by atomic mass is 9.92. The van der Waals surface area contributed by atoms with Crippen LogP contribution >= 0.6 is 0 Å². The minimum absolute atomic E-state index is 0.0808. The number of hydrogen-bond acceptors (Lipinski definition) is 5. The fourth-order valence-corrected chi connectivity index (χ4v) is 2.09. The lowest BCUT2D eigenvalue weighted by molar-refractivity contribution is -0.159. The summed E-state index contributed by atoms with van der Waals surface area (Å²) in [6, 6.07) is 5.38. The summed E-state index contributed by atoms with van der Waals surface area (Å²) in [5, 5.41) is 10.1. The van der Waals surface area contributed by atoms with E-state index in [4.69, 9.17) is 9.47 Å².